The van der Waals surface area contributed by atoms with Gasteiger partial charge in [0.05, 0.1) is 29.2 Å². The van der Waals surface area contributed by atoms with Crippen molar-refractivity contribution < 1.29 is 27.9 Å². The van der Waals surface area contributed by atoms with E-state index >= 15 is 0 Å². The smallest absolute Gasteiger partial charge is 0.311 e. The van der Waals surface area contributed by atoms with Gasteiger partial charge in [0.1, 0.15) is 0 Å². The van der Waals surface area contributed by atoms with Gasteiger partial charge in [-0.25, -0.2) is 8.42 Å². The molecule has 1 N–H and O–H groups in total. The predicted octanol–water partition coefficient (Wildman–Crippen LogP) is 5.00. The Hall–Kier alpha value is -3.49. The fourth-order valence-corrected chi connectivity index (χ4v) is 5.34. The van der Waals surface area contributed by atoms with Crippen molar-refractivity contribution in [1.82, 2.24) is 4.57 Å². The predicted molar refractivity (Wildman–Crippen MR) is 141 cm³/mol. The zero-order valence-corrected chi connectivity index (χ0v) is 21.6. The Balaban J connectivity index is 1.36. The summed E-state index contributed by atoms with van der Waals surface area (Å²) in [6, 6.07) is 17.4. The SMILES string of the molecule is CS(=O)(=O)c1ccc(C(=O)c2cccn2C/C=C/c2cccc(COCC3(C(=O)O)CCCC3)c2)cc1. The molecule has 1 aliphatic carbocycles. The first-order valence-electron chi connectivity index (χ1n) is 12.2. The lowest BCUT2D eigenvalue weighted by Crippen LogP contribution is -2.32. The normalized spacial score (nSPS) is 15.3. The summed E-state index contributed by atoms with van der Waals surface area (Å²) in [4.78, 5) is 24.9. The largest absolute Gasteiger partial charge is 0.481 e. The highest BCUT2D eigenvalue weighted by atomic mass is 32.2. The van der Waals surface area contributed by atoms with Crippen LogP contribution < -0.4 is 0 Å². The zero-order chi connectivity index (χ0) is 26.5. The zero-order valence-electron chi connectivity index (χ0n) is 20.8. The molecule has 8 heteroatoms. The molecule has 0 radical (unpaired) electrons. The Morgan fingerprint density at radius 1 is 1.05 bits per heavy atom. The Morgan fingerprint density at radius 3 is 2.46 bits per heavy atom. The number of allylic oxidation sites excluding steroid dienone is 1. The molecule has 0 atom stereocenters. The minimum Gasteiger partial charge on any atom is -0.481 e. The Kier molecular flexibility index (Phi) is 8.10. The number of aliphatic carboxylic acids is 1. The number of carbonyl (C=O) groups is 2. The van der Waals surface area contributed by atoms with Crippen molar-refractivity contribution in [3.8, 4) is 0 Å². The average molecular weight is 522 g/mol. The third-order valence-corrected chi connectivity index (χ3v) is 7.96. The maximum Gasteiger partial charge on any atom is 0.311 e. The van der Waals surface area contributed by atoms with Crippen molar-refractivity contribution in [1.29, 1.82) is 0 Å². The highest BCUT2D eigenvalue weighted by molar-refractivity contribution is 7.90. The number of rotatable bonds is 11. The first kappa shape index (κ1) is 26.6. The second kappa shape index (κ2) is 11.3. The molecule has 1 saturated carbocycles. The Bertz CT molecular complexity index is 1400. The molecule has 37 heavy (non-hydrogen) atoms. The number of ether oxygens (including phenoxy) is 1. The molecule has 1 heterocycles. The maximum atomic E-state index is 13.0. The highest BCUT2D eigenvalue weighted by Crippen LogP contribution is 2.38. The number of carboxylic acids is 1. The second-order valence-corrected chi connectivity index (χ2v) is 11.6. The molecular weight excluding hydrogens is 490 g/mol. The molecule has 0 amide bonds. The molecule has 0 spiro atoms. The van der Waals surface area contributed by atoms with Gasteiger partial charge < -0.3 is 14.4 Å². The van der Waals surface area contributed by atoms with Crippen LogP contribution in [0.25, 0.3) is 6.08 Å². The van der Waals surface area contributed by atoms with E-state index in [-0.39, 0.29) is 17.3 Å². The minimum absolute atomic E-state index is 0.176. The summed E-state index contributed by atoms with van der Waals surface area (Å²) in [6.45, 7) is 1.06. The molecule has 0 aliphatic heterocycles. The van der Waals surface area contributed by atoms with Gasteiger partial charge in [0.25, 0.3) is 0 Å². The monoisotopic (exact) mass is 521 g/mol. The van der Waals surface area contributed by atoms with Crippen LogP contribution >= 0.6 is 0 Å². The van der Waals surface area contributed by atoms with E-state index < -0.39 is 21.2 Å². The van der Waals surface area contributed by atoms with Gasteiger partial charge >= 0.3 is 5.97 Å². The molecule has 1 aliphatic rings. The summed E-state index contributed by atoms with van der Waals surface area (Å²) in [5, 5.41) is 9.61. The van der Waals surface area contributed by atoms with Crippen molar-refractivity contribution in [2.75, 3.05) is 12.9 Å². The Labute approximate surface area is 217 Å². The third-order valence-electron chi connectivity index (χ3n) is 6.83. The van der Waals surface area contributed by atoms with E-state index in [4.69, 9.17) is 4.74 Å². The summed E-state index contributed by atoms with van der Waals surface area (Å²) in [5.74, 6) is -0.950. The Morgan fingerprint density at radius 2 is 1.78 bits per heavy atom. The number of nitrogens with zero attached hydrogens (tertiary/aromatic N) is 1. The summed E-state index contributed by atoms with van der Waals surface area (Å²) in [6.07, 6.45) is 10.1. The van der Waals surface area contributed by atoms with Crippen LogP contribution in [-0.2, 0) is 32.5 Å². The maximum absolute atomic E-state index is 13.0. The van der Waals surface area contributed by atoms with Gasteiger partial charge in [0.2, 0.25) is 5.78 Å². The minimum atomic E-state index is -3.32. The highest BCUT2D eigenvalue weighted by Gasteiger charge is 2.41. The molecule has 2 aromatic carbocycles. The van der Waals surface area contributed by atoms with E-state index in [1.807, 2.05) is 47.2 Å². The lowest BCUT2D eigenvalue weighted by Gasteiger charge is -2.23. The van der Waals surface area contributed by atoms with Crippen LogP contribution in [0.5, 0.6) is 0 Å². The van der Waals surface area contributed by atoms with E-state index in [0.717, 1.165) is 30.2 Å². The third kappa shape index (κ3) is 6.45. The van der Waals surface area contributed by atoms with E-state index in [1.54, 1.807) is 12.1 Å². The lowest BCUT2D eigenvalue weighted by molar-refractivity contribution is -0.153. The van der Waals surface area contributed by atoms with E-state index in [2.05, 4.69) is 0 Å². The van der Waals surface area contributed by atoms with Gasteiger partial charge in [0.15, 0.2) is 9.84 Å². The number of sulfone groups is 1. The number of carbonyl (C=O) groups excluding carboxylic acids is 1. The number of ketones is 1. The van der Waals surface area contributed by atoms with Crippen LogP contribution in [0.1, 0.15) is 52.9 Å². The van der Waals surface area contributed by atoms with Crippen LogP contribution in [0.15, 0.2) is 77.8 Å². The topological polar surface area (TPSA) is 103 Å². The number of hydrogen-bond acceptors (Lipinski definition) is 5. The van der Waals surface area contributed by atoms with Crippen LogP contribution in [-0.4, -0.2) is 42.7 Å². The second-order valence-electron chi connectivity index (χ2n) is 9.60. The summed E-state index contributed by atoms with van der Waals surface area (Å²) >= 11 is 0. The molecule has 1 fully saturated rings. The molecule has 3 aromatic rings. The van der Waals surface area contributed by atoms with Crippen molar-refractivity contribution in [3.63, 3.8) is 0 Å². The van der Waals surface area contributed by atoms with E-state index in [9.17, 15) is 23.1 Å². The quantitative estimate of drug-likeness (QED) is 0.356. The van der Waals surface area contributed by atoms with E-state index in [1.165, 1.54) is 24.3 Å². The van der Waals surface area contributed by atoms with Crippen molar-refractivity contribution in [3.05, 3.63) is 95.3 Å². The standard InChI is InChI=1S/C29H31NO6S/c1-37(34,35)25-13-11-24(12-14-25)27(31)26-10-6-18-30(26)17-5-9-22-7-4-8-23(19-22)20-36-21-29(28(32)33)15-2-3-16-29/h4-14,18-19H,2-3,15-17,20-21H2,1H3,(H,32,33)/b9-5+. The van der Waals surface area contributed by atoms with Gasteiger partial charge in [-0.2, -0.15) is 0 Å². The van der Waals surface area contributed by atoms with Crippen molar-refractivity contribution in [2.24, 2.45) is 5.41 Å². The van der Waals surface area contributed by atoms with Crippen molar-refractivity contribution in [2.45, 2.75) is 43.7 Å². The summed E-state index contributed by atoms with van der Waals surface area (Å²) < 4.78 is 31.0. The fourth-order valence-electron chi connectivity index (χ4n) is 4.71. The molecule has 0 saturated heterocycles. The molecule has 4 rings (SSSR count). The van der Waals surface area contributed by atoms with Crippen LogP contribution in [0.3, 0.4) is 0 Å². The average Bonchev–Trinajstić information content (AvgIpc) is 3.54. The number of hydrogen-bond donors (Lipinski definition) is 1. The molecule has 7 nitrogen and oxygen atoms in total. The number of aromatic nitrogens is 1. The number of benzene rings is 2. The first-order valence-corrected chi connectivity index (χ1v) is 14.1. The summed E-state index contributed by atoms with van der Waals surface area (Å²) in [5.41, 5.74) is 2.13. The lowest BCUT2D eigenvalue weighted by atomic mass is 9.87. The van der Waals surface area contributed by atoms with Gasteiger partial charge in [0, 0.05) is 24.6 Å². The van der Waals surface area contributed by atoms with Crippen LogP contribution in [0, 0.1) is 5.41 Å². The molecular formula is C29H31NO6S. The van der Waals surface area contributed by atoms with Gasteiger partial charge in [-0.1, -0.05) is 43.2 Å². The van der Waals surface area contributed by atoms with Crippen molar-refractivity contribution >= 4 is 27.7 Å². The molecule has 0 bridgehead atoms. The van der Waals surface area contributed by atoms with Crippen LogP contribution in [0.4, 0.5) is 0 Å². The molecule has 0 unspecified atom stereocenters. The molecule has 194 valence electrons. The van der Waals surface area contributed by atoms with E-state index in [0.29, 0.717) is 37.3 Å². The van der Waals surface area contributed by atoms with Crippen LogP contribution in [0.2, 0.25) is 0 Å². The molecule has 1 aromatic heterocycles. The number of carboxylic acid groups (broad SMARTS) is 1. The van der Waals surface area contributed by atoms with Gasteiger partial charge in [-0.05, 0) is 66.4 Å². The van der Waals surface area contributed by atoms with Gasteiger partial charge in [-0.15, -0.1) is 0 Å². The van der Waals surface area contributed by atoms with Gasteiger partial charge in [-0.3, -0.25) is 9.59 Å². The fraction of sp³-hybridized carbons (Fsp3) is 0.310. The summed E-state index contributed by atoms with van der Waals surface area (Å²) in [7, 11) is -3.32. The first-order chi connectivity index (χ1) is 17.7.